The smallest absolute Gasteiger partial charge is 0.205 e. The lowest BCUT2D eigenvalue weighted by molar-refractivity contribution is 0.644. The number of imidazole rings is 1. The van der Waals surface area contributed by atoms with Crippen LogP contribution in [-0.4, -0.2) is 25.9 Å². The molecule has 0 fully saturated rings. The molecule has 0 amide bonds. The Morgan fingerprint density at radius 3 is 2.90 bits per heavy atom. The molecule has 1 N–H and O–H groups in total. The Kier molecular flexibility index (Phi) is 2.96. The normalized spacial score (nSPS) is 17.8. The highest BCUT2D eigenvalue weighted by atomic mass is 32.1. The van der Waals surface area contributed by atoms with Gasteiger partial charge in [0.15, 0.2) is 0 Å². The monoisotopic (exact) mass is 297 g/mol. The van der Waals surface area contributed by atoms with Gasteiger partial charge in [0.2, 0.25) is 5.13 Å². The van der Waals surface area contributed by atoms with E-state index in [0.717, 1.165) is 29.7 Å². The van der Waals surface area contributed by atoms with Crippen LogP contribution in [0.4, 0.5) is 5.13 Å². The third kappa shape index (κ3) is 2.21. The lowest BCUT2D eigenvalue weighted by atomic mass is 9.91. The quantitative estimate of drug-likeness (QED) is 0.790. The summed E-state index contributed by atoms with van der Waals surface area (Å²) in [6.45, 7) is 3.63. The number of H-pyrrole nitrogens is 1. The minimum Gasteiger partial charge on any atom is -0.347 e. The van der Waals surface area contributed by atoms with Crippen LogP contribution in [-0.2, 0) is 6.54 Å². The van der Waals surface area contributed by atoms with Crippen LogP contribution in [0.2, 0.25) is 0 Å². The average Bonchev–Trinajstić information content (AvgIpc) is 3.15. The van der Waals surface area contributed by atoms with E-state index >= 15 is 0 Å². The molecule has 1 unspecified atom stereocenters. The Balaban J connectivity index is 1.74. The van der Waals surface area contributed by atoms with Gasteiger partial charge in [0.1, 0.15) is 5.82 Å². The minimum atomic E-state index is 0.269. The molecule has 6 heteroatoms. The van der Waals surface area contributed by atoms with Crippen LogP contribution in [0.25, 0.3) is 0 Å². The summed E-state index contributed by atoms with van der Waals surface area (Å²) in [5, 5.41) is 0.980. The van der Waals surface area contributed by atoms with Crippen molar-refractivity contribution in [2.24, 2.45) is 0 Å². The highest BCUT2D eigenvalue weighted by molar-refractivity contribution is 7.09. The molecule has 0 radical (unpaired) electrons. The number of nitrogens with one attached hydrogen (secondary N) is 1. The highest BCUT2D eigenvalue weighted by Crippen LogP contribution is 2.34. The third-order valence-corrected chi connectivity index (χ3v) is 4.69. The van der Waals surface area contributed by atoms with Gasteiger partial charge in [-0.05, 0) is 12.5 Å². The molecular weight excluding hydrogens is 282 g/mol. The predicted molar refractivity (Wildman–Crippen MR) is 82.6 cm³/mol. The lowest BCUT2D eigenvalue weighted by Gasteiger charge is -2.31. The fourth-order valence-corrected chi connectivity index (χ4v) is 3.51. The van der Waals surface area contributed by atoms with Gasteiger partial charge in [-0.2, -0.15) is 4.37 Å². The zero-order chi connectivity index (χ0) is 14.2. The maximum absolute atomic E-state index is 4.53. The van der Waals surface area contributed by atoms with Crippen molar-refractivity contribution in [3.8, 4) is 0 Å². The topological polar surface area (TPSA) is 57.7 Å². The second-order valence-corrected chi connectivity index (χ2v) is 5.96. The summed E-state index contributed by atoms with van der Waals surface area (Å²) >= 11 is 1.46. The van der Waals surface area contributed by atoms with Crippen molar-refractivity contribution in [1.29, 1.82) is 0 Å². The first-order valence-electron chi connectivity index (χ1n) is 6.93. The Hall–Kier alpha value is -2.21. The molecule has 3 heterocycles. The molecule has 0 saturated heterocycles. The van der Waals surface area contributed by atoms with Crippen LogP contribution in [0.5, 0.6) is 0 Å². The van der Waals surface area contributed by atoms with Crippen molar-refractivity contribution < 1.29 is 0 Å². The van der Waals surface area contributed by atoms with Gasteiger partial charge in [-0.25, -0.2) is 9.97 Å². The van der Waals surface area contributed by atoms with Crippen LogP contribution in [0.1, 0.15) is 28.7 Å². The van der Waals surface area contributed by atoms with Gasteiger partial charge in [0.25, 0.3) is 0 Å². The van der Waals surface area contributed by atoms with Crippen LogP contribution in [0, 0.1) is 6.92 Å². The number of benzene rings is 1. The van der Waals surface area contributed by atoms with Gasteiger partial charge in [-0.1, -0.05) is 30.3 Å². The summed E-state index contributed by atoms with van der Waals surface area (Å²) in [6.07, 6.45) is 1.79. The van der Waals surface area contributed by atoms with Gasteiger partial charge >= 0.3 is 0 Å². The number of aryl methyl sites for hydroxylation is 1. The fourth-order valence-electron chi connectivity index (χ4n) is 2.83. The SMILES string of the molecule is Cc1nsc(N2Cc3[nH]cnc3C(c3ccccc3)C2)n1. The van der Waals surface area contributed by atoms with Crippen LogP contribution in [0.15, 0.2) is 36.7 Å². The predicted octanol–water partition coefficient (Wildman–Crippen LogP) is 2.72. The summed E-state index contributed by atoms with van der Waals surface area (Å²) in [5.74, 6) is 1.10. The van der Waals surface area contributed by atoms with Crippen molar-refractivity contribution in [1.82, 2.24) is 19.3 Å². The van der Waals surface area contributed by atoms with Crippen molar-refractivity contribution in [3.05, 3.63) is 59.4 Å². The van der Waals surface area contributed by atoms with Crippen molar-refractivity contribution in [3.63, 3.8) is 0 Å². The molecule has 3 aromatic rings. The minimum absolute atomic E-state index is 0.269. The van der Waals surface area contributed by atoms with E-state index in [2.05, 4.69) is 48.5 Å². The maximum Gasteiger partial charge on any atom is 0.205 e. The standard InChI is InChI=1S/C15H15N5S/c1-10-18-15(21-19-10)20-7-12(11-5-3-2-4-6-11)14-13(8-20)16-9-17-14/h2-6,9,12H,7-8H2,1H3,(H,16,17). The van der Waals surface area contributed by atoms with Gasteiger partial charge in [0, 0.05) is 24.0 Å². The number of hydrogen-bond donors (Lipinski definition) is 1. The summed E-state index contributed by atoms with van der Waals surface area (Å²) in [6, 6.07) is 10.5. The van der Waals surface area contributed by atoms with E-state index in [0.29, 0.717) is 0 Å². The van der Waals surface area contributed by atoms with Crippen molar-refractivity contribution in [2.45, 2.75) is 19.4 Å². The van der Waals surface area contributed by atoms with Gasteiger partial charge in [-0.3, -0.25) is 0 Å². The van der Waals surface area contributed by atoms with E-state index in [1.165, 1.54) is 22.8 Å². The molecule has 0 bridgehead atoms. The molecule has 4 rings (SSSR count). The summed E-state index contributed by atoms with van der Waals surface area (Å²) in [7, 11) is 0. The number of fused-ring (bicyclic) bond motifs is 1. The molecule has 21 heavy (non-hydrogen) atoms. The largest absolute Gasteiger partial charge is 0.347 e. The van der Waals surface area contributed by atoms with Crippen molar-refractivity contribution >= 4 is 16.7 Å². The van der Waals surface area contributed by atoms with Crippen LogP contribution >= 0.6 is 11.5 Å². The first kappa shape index (κ1) is 12.5. The van der Waals surface area contributed by atoms with Gasteiger partial charge < -0.3 is 9.88 Å². The molecule has 0 spiro atoms. The molecular formula is C15H15N5S. The molecule has 1 aromatic carbocycles. The molecule has 1 aliphatic rings. The summed E-state index contributed by atoms with van der Waals surface area (Å²) in [5.41, 5.74) is 3.61. The Labute approximate surface area is 126 Å². The van der Waals surface area contributed by atoms with E-state index in [1.54, 1.807) is 6.33 Å². The summed E-state index contributed by atoms with van der Waals surface area (Å²) < 4.78 is 4.30. The first-order chi connectivity index (χ1) is 10.3. The maximum atomic E-state index is 4.53. The number of nitrogens with zero attached hydrogens (tertiary/aromatic N) is 4. The molecule has 2 aromatic heterocycles. The van der Waals surface area contributed by atoms with Crippen molar-refractivity contribution in [2.75, 3.05) is 11.4 Å². The number of hydrogen-bond acceptors (Lipinski definition) is 5. The number of aromatic nitrogens is 4. The van der Waals surface area contributed by atoms with Crippen LogP contribution < -0.4 is 4.90 Å². The van der Waals surface area contributed by atoms with E-state index in [9.17, 15) is 0 Å². The number of rotatable bonds is 2. The molecule has 0 aliphatic carbocycles. The zero-order valence-corrected chi connectivity index (χ0v) is 12.5. The average molecular weight is 297 g/mol. The Morgan fingerprint density at radius 1 is 1.29 bits per heavy atom. The molecule has 106 valence electrons. The lowest BCUT2D eigenvalue weighted by Crippen LogP contribution is -2.34. The molecule has 1 atom stereocenters. The van der Waals surface area contributed by atoms with Gasteiger partial charge in [0.05, 0.1) is 24.3 Å². The molecule has 1 aliphatic heterocycles. The third-order valence-electron chi connectivity index (χ3n) is 3.82. The van der Waals surface area contributed by atoms with E-state index < -0.39 is 0 Å². The highest BCUT2D eigenvalue weighted by Gasteiger charge is 2.30. The summed E-state index contributed by atoms with van der Waals surface area (Å²) in [4.78, 5) is 14.6. The fraction of sp³-hybridized carbons (Fsp3) is 0.267. The second-order valence-electron chi connectivity index (χ2n) is 5.23. The Bertz CT molecular complexity index is 748. The first-order valence-corrected chi connectivity index (χ1v) is 7.71. The molecule has 5 nitrogen and oxygen atoms in total. The van der Waals surface area contributed by atoms with Crippen LogP contribution in [0.3, 0.4) is 0 Å². The zero-order valence-electron chi connectivity index (χ0n) is 11.7. The Morgan fingerprint density at radius 2 is 2.14 bits per heavy atom. The van der Waals surface area contributed by atoms with E-state index in [4.69, 9.17) is 0 Å². The number of aromatic amines is 1. The van der Waals surface area contributed by atoms with E-state index in [1.807, 2.05) is 13.0 Å². The second kappa shape index (κ2) is 4.96. The molecule has 0 saturated carbocycles. The van der Waals surface area contributed by atoms with Gasteiger partial charge in [-0.15, -0.1) is 0 Å². The number of anilines is 1. The van der Waals surface area contributed by atoms with E-state index in [-0.39, 0.29) is 5.92 Å².